The summed E-state index contributed by atoms with van der Waals surface area (Å²) in [6, 6.07) is 2.99. The second-order valence-electron chi connectivity index (χ2n) is 4.22. The van der Waals surface area contributed by atoms with Crippen LogP contribution in [-0.2, 0) is 0 Å². The van der Waals surface area contributed by atoms with E-state index < -0.39 is 0 Å². The Morgan fingerprint density at radius 2 is 2.23 bits per heavy atom. The van der Waals surface area contributed by atoms with Crippen LogP contribution in [0.2, 0.25) is 0 Å². The third-order valence-corrected chi connectivity index (χ3v) is 2.92. The molecule has 0 saturated carbocycles. The minimum Gasteiger partial charge on any atom is -0.299 e. The minimum atomic E-state index is 0.181. The molecule has 0 spiro atoms. The second-order valence-corrected chi connectivity index (χ2v) is 4.22. The summed E-state index contributed by atoms with van der Waals surface area (Å²) in [5, 5.41) is 8.75. The highest BCUT2D eigenvalue weighted by atomic mass is 15.1. The molecule has 0 radical (unpaired) electrons. The fourth-order valence-electron chi connectivity index (χ4n) is 2.00. The molecule has 0 N–H and O–H groups in total. The molecule has 2 nitrogen and oxygen atoms in total. The van der Waals surface area contributed by atoms with E-state index in [1.165, 1.54) is 32.2 Å². The van der Waals surface area contributed by atoms with Crippen molar-refractivity contribution >= 4 is 0 Å². The van der Waals surface area contributed by atoms with Crippen molar-refractivity contribution in [1.29, 1.82) is 5.26 Å². The van der Waals surface area contributed by atoms with Crippen LogP contribution in [0.15, 0.2) is 0 Å². The van der Waals surface area contributed by atoms with Crippen LogP contribution < -0.4 is 0 Å². The smallest absolute Gasteiger partial charge is 0.0666 e. The molecule has 2 atom stereocenters. The van der Waals surface area contributed by atoms with Crippen molar-refractivity contribution < 1.29 is 0 Å². The van der Waals surface area contributed by atoms with E-state index >= 15 is 0 Å². The summed E-state index contributed by atoms with van der Waals surface area (Å²) < 4.78 is 0. The number of hydrogen-bond donors (Lipinski definition) is 0. The van der Waals surface area contributed by atoms with E-state index in [1.807, 2.05) is 6.92 Å². The Hall–Kier alpha value is -0.550. The van der Waals surface area contributed by atoms with Gasteiger partial charge in [-0.25, -0.2) is 0 Å². The SMILES string of the molecule is CC(C#N)CN1CCCCCC1C. The van der Waals surface area contributed by atoms with Gasteiger partial charge in [0.25, 0.3) is 0 Å². The molecule has 74 valence electrons. The fraction of sp³-hybridized carbons (Fsp3) is 0.909. The van der Waals surface area contributed by atoms with Gasteiger partial charge in [0.05, 0.1) is 12.0 Å². The molecule has 1 aliphatic rings. The third-order valence-electron chi connectivity index (χ3n) is 2.92. The Balaban J connectivity index is 2.41. The van der Waals surface area contributed by atoms with E-state index in [2.05, 4.69) is 17.9 Å². The molecule has 13 heavy (non-hydrogen) atoms. The van der Waals surface area contributed by atoms with Crippen molar-refractivity contribution in [2.75, 3.05) is 13.1 Å². The van der Waals surface area contributed by atoms with Crippen molar-refractivity contribution in [2.24, 2.45) is 5.92 Å². The average molecular weight is 180 g/mol. The van der Waals surface area contributed by atoms with Crippen LogP contribution in [-0.4, -0.2) is 24.0 Å². The van der Waals surface area contributed by atoms with Gasteiger partial charge in [-0.1, -0.05) is 12.8 Å². The lowest BCUT2D eigenvalue weighted by Gasteiger charge is -2.27. The molecule has 2 unspecified atom stereocenters. The fourth-order valence-corrected chi connectivity index (χ4v) is 2.00. The first-order chi connectivity index (χ1) is 6.24. The predicted molar refractivity (Wildman–Crippen MR) is 54.3 cm³/mol. The molecule has 0 aromatic heterocycles. The van der Waals surface area contributed by atoms with E-state index in [0.29, 0.717) is 6.04 Å². The topological polar surface area (TPSA) is 27.0 Å². The van der Waals surface area contributed by atoms with Crippen LogP contribution in [0.3, 0.4) is 0 Å². The van der Waals surface area contributed by atoms with Gasteiger partial charge in [-0.05, 0) is 33.2 Å². The molecule has 1 heterocycles. The number of rotatable bonds is 2. The normalized spacial score (nSPS) is 27.6. The van der Waals surface area contributed by atoms with E-state index in [9.17, 15) is 0 Å². The van der Waals surface area contributed by atoms with Gasteiger partial charge in [0.15, 0.2) is 0 Å². The summed E-state index contributed by atoms with van der Waals surface area (Å²) in [6.07, 6.45) is 5.33. The van der Waals surface area contributed by atoms with Crippen LogP contribution in [0.25, 0.3) is 0 Å². The number of hydrogen-bond acceptors (Lipinski definition) is 2. The predicted octanol–water partition coefficient (Wildman–Crippen LogP) is 2.41. The van der Waals surface area contributed by atoms with Crippen molar-refractivity contribution in [3.63, 3.8) is 0 Å². The molecule has 0 aromatic rings. The highest BCUT2D eigenvalue weighted by Crippen LogP contribution is 2.17. The van der Waals surface area contributed by atoms with Crippen molar-refractivity contribution in [3.8, 4) is 6.07 Å². The maximum Gasteiger partial charge on any atom is 0.0666 e. The van der Waals surface area contributed by atoms with E-state index in [1.54, 1.807) is 0 Å². The van der Waals surface area contributed by atoms with Gasteiger partial charge in [-0.3, -0.25) is 4.90 Å². The van der Waals surface area contributed by atoms with Gasteiger partial charge in [-0.15, -0.1) is 0 Å². The molecule has 0 amide bonds. The quantitative estimate of drug-likeness (QED) is 0.652. The van der Waals surface area contributed by atoms with Gasteiger partial charge in [-0.2, -0.15) is 5.26 Å². The summed E-state index contributed by atoms with van der Waals surface area (Å²) in [5.74, 6) is 0.181. The number of nitriles is 1. The molecule has 0 aliphatic carbocycles. The van der Waals surface area contributed by atoms with Crippen LogP contribution in [0, 0.1) is 17.2 Å². The van der Waals surface area contributed by atoms with Crippen molar-refractivity contribution in [1.82, 2.24) is 4.90 Å². The maximum absolute atomic E-state index is 8.75. The van der Waals surface area contributed by atoms with Crippen molar-refractivity contribution in [2.45, 2.75) is 45.6 Å². The summed E-state index contributed by atoms with van der Waals surface area (Å²) in [7, 11) is 0. The lowest BCUT2D eigenvalue weighted by atomic mass is 10.1. The highest BCUT2D eigenvalue weighted by molar-refractivity contribution is 4.83. The molecule has 1 saturated heterocycles. The van der Waals surface area contributed by atoms with Crippen LogP contribution in [0.1, 0.15) is 39.5 Å². The molecule has 1 fully saturated rings. The largest absolute Gasteiger partial charge is 0.299 e. The lowest BCUT2D eigenvalue weighted by Crippen LogP contribution is -2.35. The summed E-state index contributed by atoms with van der Waals surface area (Å²) in [5.41, 5.74) is 0. The average Bonchev–Trinajstić information content (AvgIpc) is 2.32. The Bertz CT molecular complexity index is 183. The molecule has 0 bridgehead atoms. The van der Waals surface area contributed by atoms with Gasteiger partial charge >= 0.3 is 0 Å². The van der Waals surface area contributed by atoms with Gasteiger partial charge in [0, 0.05) is 12.6 Å². The van der Waals surface area contributed by atoms with E-state index in [4.69, 9.17) is 5.26 Å². The first-order valence-corrected chi connectivity index (χ1v) is 5.37. The standard InChI is InChI=1S/C11H20N2/c1-10(8-12)9-13-7-5-3-4-6-11(13)2/h10-11H,3-7,9H2,1-2H3. The molecule has 1 aliphatic heterocycles. The van der Waals surface area contributed by atoms with Crippen molar-refractivity contribution in [3.05, 3.63) is 0 Å². The molecular formula is C11H20N2. The van der Waals surface area contributed by atoms with E-state index in [-0.39, 0.29) is 5.92 Å². The summed E-state index contributed by atoms with van der Waals surface area (Å²) in [4.78, 5) is 2.47. The first-order valence-electron chi connectivity index (χ1n) is 5.37. The Morgan fingerprint density at radius 3 is 2.92 bits per heavy atom. The minimum absolute atomic E-state index is 0.181. The monoisotopic (exact) mass is 180 g/mol. The van der Waals surface area contributed by atoms with Gasteiger partial charge in [0.1, 0.15) is 0 Å². The molecule has 1 rings (SSSR count). The molecular weight excluding hydrogens is 160 g/mol. The highest BCUT2D eigenvalue weighted by Gasteiger charge is 2.18. The third kappa shape index (κ3) is 3.36. The molecule has 0 aromatic carbocycles. The van der Waals surface area contributed by atoms with Gasteiger partial charge < -0.3 is 0 Å². The van der Waals surface area contributed by atoms with Crippen LogP contribution >= 0.6 is 0 Å². The van der Waals surface area contributed by atoms with Gasteiger partial charge in [0.2, 0.25) is 0 Å². The van der Waals surface area contributed by atoms with Crippen LogP contribution in [0.4, 0.5) is 0 Å². The first kappa shape index (κ1) is 10.5. The summed E-state index contributed by atoms with van der Waals surface area (Å²) >= 11 is 0. The second kappa shape index (κ2) is 5.24. The Morgan fingerprint density at radius 1 is 1.46 bits per heavy atom. The number of nitrogens with zero attached hydrogens (tertiary/aromatic N) is 2. The zero-order chi connectivity index (χ0) is 9.68. The maximum atomic E-state index is 8.75. The van der Waals surface area contributed by atoms with Crippen LogP contribution in [0.5, 0.6) is 0 Å². The lowest BCUT2D eigenvalue weighted by molar-refractivity contribution is 0.199. The zero-order valence-corrected chi connectivity index (χ0v) is 8.79. The van der Waals surface area contributed by atoms with E-state index in [0.717, 1.165) is 6.54 Å². The summed E-state index contributed by atoms with van der Waals surface area (Å²) in [6.45, 7) is 6.44. The number of likely N-dealkylation sites (tertiary alicyclic amines) is 1. The Labute approximate surface area is 81.5 Å². The molecule has 2 heteroatoms. The Kier molecular flexibility index (Phi) is 4.24. The zero-order valence-electron chi connectivity index (χ0n) is 8.79.